The van der Waals surface area contributed by atoms with Crippen LogP contribution in [0.25, 0.3) is 5.57 Å². The second kappa shape index (κ2) is 3.73. The Morgan fingerprint density at radius 3 is 2.73 bits per heavy atom. The van der Waals surface area contributed by atoms with E-state index in [9.17, 15) is 0 Å². The maximum Gasteiger partial charge on any atom is 0.0145 e. The van der Waals surface area contributed by atoms with Gasteiger partial charge in [0.05, 0.1) is 0 Å². The Morgan fingerprint density at radius 2 is 1.87 bits per heavy atom. The van der Waals surface area contributed by atoms with Crippen LogP contribution in [0.15, 0.2) is 30.0 Å². The maximum absolute atomic E-state index is 3.58. The molecular formula is C14H17N. The van der Waals surface area contributed by atoms with Gasteiger partial charge in [-0.05, 0) is 48.8 Å². The molecule has 1 heteroatoms. The average Bonchev–Trinajstić information content (AvgIpc) is 2.74. The molecule has 1 aromatic rings. The van der Waals surface area contributed by atoms with E-state index in [1.807, 2.05) is 0 Å². The fourth-order valence-electron chi connectivity index (χ4n) is 2.75. The molecule has 0 aromatic heterocycles. The second-order valence-corrected chi connectivity index (χ2v) is 4.50. The van der Waals surface area contributed by atoms with Crippen molar-refractivity contribution in [2.45, 2.75) is 32.1 Å². The van der Waals surface area contributed by atoms with Gasteiger partial charge in [-0.15, -0.1) is 0 Å². The van der Waals surface area contributed by atoms with E-state index in [0.29, 0.717) is 0 Å². The fraction of sp³-hybridized carbons (Fsp3) is 0.429. The number of benzene rings is 1. The van der Waals surface area contributed by atoms with Gasteiger partial charge in [-0.25, -0.2) is 0 Å². The molecule has 1 aliphatic carbocycles. The zero-order valence-electron chi connectivity index (χ0n) is 9.05. The van der Waals surface area contributed by atoms with Gasteiger partial charge in [-0.2, -0.15) is 0 Å². The van der Waals surface area contributed by atoms with E-state index in [2.05, 4.69) is 29.6 Å². The van der Waals surface area contributed by atoms with Crippen molar-refractivity contribution in [3.05, 3.63) is 41.1 Å². The number of piperidine rings is 1. The van der Waals surface area contributed by atoms with Crippen molar-refractivity contribution in [3.63, 3.8) is 0 Å². The quantitative estimate of drug-likeness (QED) is 0.677. The van der Waals surface area contributed by atoms with Gasteiger partial charge in [0.1, 0.15) is 0 Å². The number of aryl methyl sites for hydroxylation is 1. The standard InChI is InChI=1S/C14H17N/c1-2-6-12-11(5-1)8-9-13(12)14-7-3-4-10-15-14/h1-2,5-6,15H,3-4,7-10H2. The molecule has 1 saturated heterocycles. The molecule has 0 unspecified atom stereocenters. The van der Waals surface area contributed by atoms with Crippen molar-refractivity contribution in [3.8, 4) is 0 Å². The largest absolute Gasteiger partial charge is 0.388 e. The van der Waals surface area contributed by atoms with Crippen LogP contribution in [0, 0.1) is 0 Å². The minimum Gasteiger partial charge on any atom is -0.388 e. The zero-order valence-corrected chi connectivity index (χ0v) is 9.05. The van der Waals surface area contributed by atoms with Gasteiger partial charge in [0, 0.05) is 12.2 Å². The molecule has 1 N–H and O–H groups in total. The monoisotopic (exact) mass is 199 g/mol. The third-order valence-corrected chi connectivity index (χ3v) is 3.54. The number of hydrogen-bond donors (Lipinski definition) is 1. The van der Waals surface area contributed by atoms with Crippen molar-refractivity contribution < 1.29 is 0 Å². The summed E-state index contributed by atoms with van der Waals surface area (Å²) < 4.78 is 0. The Hall–Kier alpha value is -1.24. The molecule has 2 aliphatic rings. The molecule has 1 fully saturated rings. The summed E-state index contributed by atoms with van der Waals surface area (Å²) in [6.45, 7) is 1.17. The molecule has 1 aromatic carbocycles. The molecule has 1 nitrogen and oxygen atoms in total. The first-order valence-electron chi connectivity index (χ1n) is 5.99. The van der Waals surface area contributed by atoms with Gasteiger partial charge >= 0.3 is 0 Å². The molecule has 0 bridgehead atoms. The Bertz CT molecular complexity index is 396. The fourth-order valence-corrected chi connectivity index (χ4v) is 2.75. The number of fused-ring (bicyclic) bond motifs is 1. The lowest BCUT2D eigenvalue weighted by Gasteiger charge is -2.19. The van der Waals surface area contributed by atoms with Crippen LogP contribution in [-0.2, 0) is 6.42 Å². The summed E-state index contributed by atoms with van der Waals surface area (Å²) >= 11 is 0. The van der Waals surface area contributed by atoms with E-state index in [1.165, 1.54) is 55.5 Å². The van der Waals surface area contributed by atoms with Crippen LogP contribution in [0.3, 0.4) is 0 Å². The zero-order chi connectivity index (χ0) is 10.1. The van der Waals surface area contributed by atoms with Crippen molar-refractivity contribution in [1.29, 1.82) is 0 Å². The molecule has 15 heavy (non-hydrogen) atoms. The number of nitrogens with one attached hydrogen (secondary N) is 1. The predicted octanol–water partition coefficient (Wildman–Crippen LogP) is 3.12. The van der Waals surface area contributed by atoms with Crippen LogP contribution in [-0.4, -0.2) is 6.54 Å². The number of hydrogen-bond acceptors (Lipinski definition) is 1. The molecule has 1 aliphatic heterocycles. The summed E-state index contributed by atoms with van der Waals surface area (Å²) in [7, 11) is 0. The van der Waals surface area contributed by atoms with Gasteiger partial charge in [0.15, 0.2) is 0 Å². The lowest BCUT2D eigenvalue weighted by Crippen LogP contribution is -2.20. The summed E-state index contributed by atoms with van der Waals surface area (Å²) in [5, 5.41) is 3.58. The van der Waals surface area contributed by atoms with Crippen molar-refractivity contribution in [1.82, 2.24) is 5.32 Å². The molecule has 3 rings (SSSR count). The second-order valence-electron chi connectivity index (χ2n) is 4.50. The average molecular weight is 199 g/mol. The smallest absolute Gasteiger partial charge is 0.0145 e. The molecule has 0 atom stereocenters. The third kappa shape index (κ3) is 1.56. The molecule has 0 radical (unpaired) electrons. The van der Waals surface area contributed by atoms with E-state index < -0.39 is 0 Å². The van der Waals surface area contributed by atoms with Crippen molar-refractivity contribution >= 4 is 5.57 Å². The first-order chi connectivity index (χ1) is 7.45. The highest BCUT2D eigenvalue weighted by atomic mass is 14.9. The van der Waals surface area contributed by atoms with Crippen molar-refractivity contribution in [2.75, 3.05) is 6.54 Å². The minimum atomic E-state index is 1.17. The molecule has 1 heterocycles. The van der Waals surface area contributed by atoms with E-state index in [0.717, 1.165) is 0 Å². The lowest BCUT2D eigenvalue weighted by atomic mass is 10.00. The van der Waals surface area contributed by atoms with E-state index >= 15 is 0 Å². The van der Waals surface area contributed by atoms with Crippen LogP contribution in [0.2, 0.25) is 0 Å². The van der Waals surface area contributed by atoms with Crippen LogP contribution >= 0.6 is 0 Å². The van der Waals surface area contributed by atoms with Crippen molar-refractivity contribution in [2.24, 2.45) is 0 Å². The molecule has 0 spiro atoms. The van der Waals surface area contributed by atoms with Crippen LogP contribution < -0.4 is 5.32 Å². The van der Waals surface area contributed by atoms with Crippen LogP contribution in [0.5, 0.6) is 0 Å². The Balaban J connectivity index is 2.01. The highest BCUT2D eigenvalue weighted by Crippen LogP contribution is 2.35. The van der Waals surface area contributed by atoms with E-state index in [1.54, 1.807) is 5.57 Å². The summed E-state index contributed by atoms with van der Waals surface area (Å²) in [5.41, 5.74) is 6.14. The van der Waals surface area contributed by atoms with Crippen LogP contribution in [0.1, 0.15) is 36.8 Å². The highest BCUT2D eigenvalue weighted by Gasteiger charge is 2.19. The SMILES string of the molecule is c1ccc2c(c1)CCC2=C1CCCCN1. The minimum absolute atomic E-state index is 1.17. The Kier molecular flexibility index (Phi) is 2.24. The summed E-state index contributed by atoms with van der Waals surface area (Å²) in [6, 6.07) is 8.86. The Morgan fingerprint density at radius 1 is 0.933 bits per heavy atom. The predicted molar refractivity (Wildman–Crippen MR) is 63.5 cm³/mol. The lowest BCUT2D eigenvalue weighted by molar-refractivity contribution is 0.588. The van der Waals surface area contributed by atoms with Gasteiger partial charge < -0.3 is 5.32 Å². The number of allylic oxidation sites excluding steroid dienone is 2. The van der Waals surface area contributed by atoms with Gasteiger partial charge in [-0.1, -0.05) is 24.3 Å². The van der Waals surface area contributed by atoms with Gasteiger partial charge in [-0.3, -0.25) is 0 Å². The summed E-state index contributed by atoms with van der Waals surface area (Å²) in [4.78, 5) is 0. The normalized spacial score (nSPS) is 24.8. The molecule has 0 amide bonds. The molecule has 0 saturated carbocycles. The van der Waals surface area contributed by atoms with E-state index in [4.69, 9.17) is 0 Å². The summed E-state index contributed by atoms with van der Waals surface area (Å²) in [6.07, 6.45) is 6.41. The van der Waals surface area contributed by atoms with Gasteiger partial charge in [0.2, 0.25) is 0 Å². The third-order valence-electron chi connectivity index (χ3n) is 3.54. The highest BCUT2D eigenvalue weighted by molar-refractivity contribution is 5.74. The Labute approximate surface area is 91.2 Å². The molecular weight excluding hydrogens is 182 g/mol. The number of rotatable bonds is 0. The first-order valence-corrected chi connectivity index (χ1v) is 5.99. The van der Waals surface area contributed by atoms with Crippen LogP contribution in [0.4, 0.5) is 0 Å². The summed E-state index contributed by atoms with van der Waals surface area (Å²) in [5.74, 6) is 0. The van der Waals surface area contributed by atoms with Gasteiger partial charge in [0.25, 0.3) is 0 Å². The van der Waals surface area contributed by atoms with E-state index in [-0.39, 0.29) is 0 Å². The molecule has 78 valence electrons. The maximum atomic E-state index is 3.58. The first kappa shape index (κ1) is 9.02. The topological polar surface area (TPSA) is 12.0 Å².